The minimum absolute atomic E-state index is 0.0809. The van der Waals surface area contributed by atoms with Gasteiger partial charge in [0.2, 0.25) is 0 Å². The van der Waals surface area contributed by atoms with Gasteiger partial charge in [-0.05, 0) is 91.0 Å². The first kappa shape index (κ1) is 60.9. The highest BCUT2D eigenvalue weighted by atomic mass is 32.2. The molecule has 0 bridgehead atoms. The highest BCUT2D eigenvalue weighted by Gasteiger charge is 2.56. The molecule has 3 saturated heterocycles. The number of nitrogens with zero attached hydrogens (tertiary/aromatic N) is 4. The Morgan fingerprint density at radius 1 is 0.904 bits per heavy atom. The van der Waals surface area contributed by atoms with Gasteiger partial charge in [-0.2, -0.15) is 0 Å². The van der Waals surface area contributed by atoms with E-state index in [-0.39, 0.29) is 42.1 Å². The number of carbonyl (C=O) groups is 2. The molecule has 20 heteroatoms. The van der Waals surface area contributed by atoms with Crippen molar-refractivity contribution < 1.29 is 71.6 Å². The number of likely N-dealkylation sites (N-methyl/N-ethyl adjacent to an activating group) is 1. The van der Waals surface area contributed by atoms with Crippen LogP contribution in [0.1, 0.15) is 132 Å². The Kier molecular flexibility index (Phi) is 20.5. The van der Waals surface area contributed by atoms with Gasteiger partial charge in [0.1, 0.15) is 35.8 Å². The quantitative estimate of drug-likeness (QED) is 0.167. The summed E-state index contributed by atoms with van der Waals surface area (Å²) in [5, 5.41) is 56.2. The van der Waals surface area contributed by atoms with E-state index in [4.69, 9.17) is 33.2 Å². The Hall–Kier alpha value is -2.99. The van der Waals surface area contributed by atoms with Crippen LogP contribution in [0.25, 0.3) is 0 Å². The molecule has 0 spiro atoms. The van der Waals surface area contributed by atoms with Crippen molar-refractivity contribution >= 4 is 21.6 Å². The zero-order valence-electron chi connectivity index (χ0n) is 46.1. The van der Waals surface area contributed by atoms with Crippen LogP contribution in [0.4, 0.5) is 0 Å². The number of ketones is 1. The number of aliphatic hydroxyl groups is 4. The van der Waals surface area contributed by atoms with Gasteiger partial charge in [0.25, 0.3) is 0 Å². The summed E-state index contributed by atoms with van der Waals surface area (Å²) in [5.74, 6) is -5.16. The van der Waals surface area contributed by atoms with E-state index in [0.717, 1.165) is 5.56 Å². The Bertz CT molecular complexity index is 2230. The van der Waals surface area contributed by atoms with Crippen LogP contribution in [-0.2, 0) is 59.0 Å². The van der Waals surface area contributed by atoms with Crippen molar-refractivity contribution in [2.75, 3.05) is 41.2 Å². The van der Waals surface area contributed by atoms with Gasteiger partial charge in [-0.25, -0.2) is 13.1 Å². The molecular formula is C53H88N4O15S. The lowest BCUT2D eigenvalue weighted by Crippen LogP contribution is -2.62. The molecule has 3 aliphatic heterocycles. The molecule has 3 aliphatic rings. The molecule has 73 heavy (non-hydrogen) atoms. The number of rotatable bonds is 16. The Labute approximate surface area is 433 Å². The first-order valence-electron chi connectivity index (χ1n) is 26.0. The Morgan fingerprint density at radius 2 is 1.53 bits per heavy atom. The fraction of sp³-hybridized carbons (Fsp3) is 0.811. The second kappa shape index (κ2) is 24.6. The summed E-state index contributed by atoms with van der Waals surface area (Å²) in [6.45, 7) is 19.8. The van der Waals surface area contributed by atoms with Crippen molar-refractivity contribution in [3.63, 3.8) is 0 Å². The van der Waals surface area contributed by atoms with Crippen LogP contribution in [0, 0.1) is 29.6 Å². The number of hydrogen-bond acceptors (Lipinski definition) is 18. The molecule has 20 atom stereocenters. The number of aromatic nitrogens is 3. The average molecular weight is 1050 g/mol. The minimum Gasteiger partial charge on any atom is -0.459 e. The minimum atomic E-state index is -3.37. The second-order valence-corrected chi connectivity index (χ2v) is 24.2. The normalized spacial score (nSPS) is 39.4. The molecule has 1 aromatic heterocycles. The lowest BCUT2D eigenvalue weighted by molar-refractivity contribution is -0.305. The summed E-state index contributed by atoms with van der Waals surface area (Å²) in [7, 11) is 3.20. The van der Waals surface area contributed by atoms with E-state index in [9.17, 15) is 38.4 Å². The standard InChI is InChI=1S/C53H88N4O15S/c1-17-38(45(66-13)35-19-21-37(22-20-35)73(16,64)65)57-28-36(54-55-57)23-24-56(12)39-25-30(4)69-50(44(39)59)72-48-31(5)42(40-27-51(9,67-14)47(61)34(8)70-40)32(6)49(62)71-41(18-2)53(11,63)46(60)33(7)43(58)29(3)26-52(48,10)68-15/h19-22,28-34,38-42,44-48,50,59-61,63H,17-18,23-27H2,1-16H3/t29-,30-,31+,32-,33+,34+,38-,39+,40?,41-,42+,44-,45-,46-,47+,48-,50+,51-,52-,53-/m1/s1. The average Bonchev–Trinajstić information content (AvgIpc) is 3.82. The van der Waals surface area contributed by atoms with Crippen LogP contribution in [0.15, 0.2) is 35.4 Å². The molecule has 0 aliphatic carbocycles. The van der Waals surface area contributed by atoms with Crippen LogP contribution in [0.3, 0.4) is 0 Å². The number of ether oxygens (including phenoxy) is 7. The van der Waals surface area contributed by atoms with Crippen molar-refractivity contribution in [2.45, 2.75) is 210 Å². The third-order valence-corrected chi connectivity index (χ3v) is 17.9. The number of sulfone groups is 1. The summed E-state index contributed by atoms with van der Waals surface area (Å²) in [6.07, 6.45) is -4.40. The van der Waals surface area contributed by atoms with Crippen molar-refractivity contribution in [3.8, 4) is 0 Å². The zero-order chi connectivity index (χ0) is 54.7. The molecule has 2 aromatic rings. The van der Waals surface area contributed by atoms with Crippen LogP contribution in [0.2, 0.25) is 0 Å². The van der Waals surface area contributed by atoms with Gasteiger partial charge >= 0.3 is 5.97 Å². The van der Waals surface area contributed by atoms with E-state index in [1.807, 2.05) is 45.8 Å². The SMILES string of the molecule is CC[C@H]([C@H](OC)c1ccc(S(C)(=O)=O)cc1)n1cc(CCN(C)[C@H]2C[C@@H](C)O[C@@H](O[C@@H]3[C@@H](C)[C@H](C4C[C@@](C)(OC)[C@@H](O)[C@H](C)O4)[C@@H](C)C(=O)O[C@H](CC)[C@@](C)(O)[C@H](O)[C@@H](C)C(=O)[C@H](C)C[C@@]3(C)OC)[C@@H]2O)nn1. The molecule has 0 saturated carbocycles. The van der Waals surface area contributed by atoms with Gasteiger partial charge in [0, 0.05) is 77.0 Å². The summed E-state index contributed by atoms with van der Waals surface area (Å²) in [4.78, 5) is 31.2. The van der Waals surface area contributed by atoms with Gasteiger partial charge in [0.05, 0.1) is 64.3 Å². The van der Waals surface area contributed by atoms with Crippen molar-refractivity contribution in [2.24, 2.45) is 29.6 Å². The van der Waals surface area contributed by atoms with Gasteiger partial charge in [-0.1, -0.05) is 58.9 Å². The number of benzene rings is 1. The summed E-state index contributed by atoms with van der Waals surface area (Å²) < 4.78 is 70.7. The molecular weight excluding hydrogens is 965 g/mol. The molecule has 5 rings (SSSR count). The van der Waals surface area contributed by atoms with Crippen molar-refractivity contribution in [1.29, 1.82) is 0 Å². The lowest BCUT2D eigenvalue weighted by Gasteiger charge is -2.52. The summed E-state index contributed by atoms with van der Waals surface area (Å²) in [5.41, 5.74) is -2.86. The van der Waals surface area contributed by atoms with E-state index in [1.54, 1.807) is 77.6 Å². The third-order valence-electron chi connectivity index (χ3n) is 16.8. The maximum absolute atomic E-state index is 14.6. The summed E-state index contributed by atoms with van der Waals surface area (Å²) >= 11 is 0. The van der Waals surface area contributed by atoms with E-state index >= 15 is 0 Å². The second-order valence-electron chi connectivity index (χ2n) is 22.1. The number of hydrogen-bond donors (Lipinski definition) is 4. The first-order chi connectivity index (χ1) is 34.0. The lowest BCUT2D eigenvalue weighted by atomic mass is 9.67. The van der Waals surface area contributed by atoms with E-state index in [2.05, 4.69) is 10.3 Å². The summed E-state index contributed by atoms with van der Waals surface area (Å²) in [6, 6.07) is 5.95. The van der Waals surface area contributed by atoms with Gasteiger partial charge < -0.3 is 58.5 Å². The third kappa shape index (κ3) is 13.2. The molecule has 1 unspecified atom stereocenters. The van der Waals surface area contributed by atoms with E-state index < -0.39 is 123 Å². The Morgan fingerprint density at radius 3 is 2.10 bits per heavy atom. The maximum atomic E-state index is 14.6. The van der Waals surface area contributed by atoms with Crippen LogP contribution >= 0.6 is 0 Å². The van der Waals surface area contributed by atoms with E-state index in [0.29, 0.717) is 31.5 Å². The molecule has 0 radical (unpaired) electrons. The highest BCUT2D eigenvalue weighted by Crippen LogP contribution is 2.46. The number of aliphatic hydroxyl groups excluding tert-OH is 3. The highest BCUT2D eigenvalue weighted by molar-refractivity contribution is 7.90. The van der Waals surface area contributed by atoms with Crippen LogP contribution < -0.4 is 0 Å². The van der Waals surface area contributed by atoms with Gasteiger partial charge in [-0.15, -0.1) is 5.10 Å². The van der Waals surface area contributed by atoms with Gasteiger partial charge in [0.15, 0.2) is 16.1 Å². The largest absolute Gasteiger partial charge is 0.459 e. The molecule has 4 N–H and O–H groups in total. The van der Waals surface area contributed by atoms with E-state index in [1.165, 1.54) is 27.4 Å². The fourth-order valence-corrected chi connectivity index (χ4v) is 12.7. The molecule has 416 valence electrons. The van der Waals surface area contributed by atoms with Crippen LogP contribution in [-0.4, -0.2) is 180 Å². The van der Waals surface area contributed by atoms with Gasteiger partial charge in [-0.3, -0.25) is 9.59 Å². The fourth-order valence-electron chi connectivity index (χ4n) is 12.1. The predicted octanol–water partition coefficient (Wildman–Crippen LogP) is 4.66. The predicted molar refractivity (Wildman–Crippen MR) is 271 cm³/mol. The number of Topliss-reactive ketones (excluding diaryl/α,β-unsaturated/α-hetero) is 1. The number of esters is 1. The molecule has 4 heterocycles. The molecule has 0 amide bonds. The maximum Gasteiger partial charge on any atom is 0.309 e. The van der Waals surface area contributed by atoms with Crippen molar-refractivity contribution in [3.05, 3.63) is 41.7 Å². The van der Waals surface area contributed by atoms with Crippen LogP contribution in [0.5, 0.6) is 0 Å². The zero-order valence-corrected chi connectivity index (χ0v) is 46.9. The monoisotopic (exact) mass is 1050 g/mol. The Balaban J connectivity index is 1.47. The molecule has 3 fully saturated rings. The number of cyclic esters (lactones) is 1. The first-order valence-corrected chi connectivity index (χ1v) is 27.9. The van der Waals surface area contributed by atoms with Crippen molar-refractivity contribution in [1.82, 2.24) is 19.9 Å². The number of methoxy groups -OCH3 is 3. The smallest absolute Gasteiger partial charge is 0.309 e. The molecule has 19 nitrogen and oxygen atoms in total. The molecule has 1 aromatic carbocycles. The number of carbonyl (C=O) groups excluding carboxylic acids is 2. The topological polar surface area (TPSA) is 248 Å².